The quantitative estimate of drug-likeness (QED) is 0.173. The van der Waals surface area contributed by atoms with Crippen LogP contribution >= 0.6 is 0 Å². The minimum Gasteiger partial charge on any atom is -0.478 e. The first-order chi connectivity index (χ1) is 11.8. The number of hydrogen-bond donors (Lipinski definition) is 1. The second kappa shape index (κ2) is 19.7. The van der Waals surface area contributed by atoms with Gasteiger partial charge in [0.1, 0.15) is 0 Å². The summed E-state index contributed by atoms with van der Waals surface area (Å²) in [7, 11) is 0. The van der Waals surface area contributed by atoms with Crippen molar-refractivity contribution in [1.82, 2.24) is 0 Å². The van der Waals surface area contributed by atoms with Crippen molar-refractivity contribution in [3.8, 4) is 0 Å². The normalized spacial score (nSPS) is 12.0. The van der Waals surface area contributed by atoms with Crippen LogP contribution in [0.1, 0.15) is 96.8 Å². The predicted molar refractivity (Wildman–Crippen MR) is 105 cm³/mol. The molecule has 0 saturated carbocycles. The lowest BCUT2D eigenvalue weighted by molar-refractivity contribution is -0.131. The molecule has 138 valence electrons. The second-order valence-electron chi connectivity index (χ2n) is 6.54. The Morgan fingerprint density at radius 2 is 1.12 bits per heavy atom. The molecule has 24 heavy (non-hydrogen) atoms. The summed E-state index contributed by atoms with van der Waals surface area (Å²) in [6.07, 6.45) is 29.6. The number of rotatable bonds is 17. The van der Waals surface area contributed by atoms with E-state index < -0.39 is 5.97 Å². The van der Waals surface area contributed by atoms with E-state index >= 15 is 0 Å². The molecule has 0 aliphatic heterocycles. The van der Waals surface area contributed by atoms with Crippen LogP contribution in [0.5, 0.6) is 0 Å². The van der Waals surface area contributed by atoms with Crippen molar-refractivity contribution in [2.24, 2.45) is 0 Å². The number of hydrogen-bond acceptors (Lipinski definition) is 1. The van der Waals surface area contributed by atoms with E-state index in [4.69, 9.17) is 5.11 Å². The van der Waals surface area contributed by atoms with Crippen LogP contribution in [0.3, 0.4) is 0 Å². The summed E-state index contributed by atoms with van der Waals surface area (Å²) in [5.74, 6) is -0.907. The molecular formula is C22H38O2. The molecule has 0 unspecified atom stereocenters. The van der Waals surface area contributed by atoms with E-state index in [1.165, 1.54) is 89.5 Å². The second-order valence-corrected chi connectivity index (χ2v) is 6.54. The van der Waals surface area contributed by atoms with Crippen LogP contribution in [0.25, 0.3) is 0 Å². The Morgan fingerprint density at radius 3 is 1.62 bits per heavy atom. The van der Waals surface area contributed by atoms with Gasteiger partial charge in [0.15, 0.2) is 0 Å². The molecule has 0 fully saturated rings. The Balaban J connectivity index is 3.18. The molecule has 2 heteroatoms. The summed E-state index contributed by atoms with van der Waals surface area (Å²) in [5, 5.41) is 8.42. The molecule has 0 aromatic heterocycles. The van der Waals surface area contributed by atoms with Gasteiger partial charge in [-0.1, -0.05) is 114 Å². The van der Waals surface area contributed by atoms with Gasteiger partial charge in [0.2, 0.25) is 0 Å². The van der Waals surface area contributed by atoms with E-state index in [1.54, 1.807) is 6.08 Å². The summed E-state index contributed by atoms with van der Waals surface area (Å²) in [4.78, 5) is 10.2. The SMILES string of the molecule is CCCCCCCCCCCCCCC\C=C/C=C/C=C/C(=O)O. The molecule has 0 heterocycles. The molecule has 0 aromatic rings. The third kappa shape index (κ3) is 20.7. The maximum absolute atomic E-state index is 10.2. The van der Waals surface area contributed by atoms with Gasteiger partial charge >= 0.3 is 5.97 Å². The van der Waals surface area contributed by atoms with Crippen LogP contribution in [0, 0.1) is 0 Å². The molecule has 0 rings (SSSR count). The van der Waals surface area contributed by atoms with Gasteiger partial charge in [0.05, 0.1) is 0 Å². The van der Waals surface area contributed by atoms with Crippen LogP contribution < -0.4 is 0 Å². The van der Waals surface area contributed by atoms with Gasteiger partial charge < -0.3 is 5.11 Å². The van der Waals surface area contributed by atoms with E-state index in [1.807, 2.05) is 12.2 Å². The average molecular weight is 335 g/mol. The summed E-state index contributed by atoms with van der Waals surface area (Å²) in [6, 6.07) is 0. The number of carboxylic acid groups (broad SMARTS) is 1. The Bertz CT molecular complexity index is 353. The highest BCUT2D eigenvalue weighted by Crippen LogP contribution is 2.12. The summed E-state index contributed by atoms with van der Waals surface area (Å²) in [5.41, 5.74) is 0. The van der Waals surface area contributed by atoms with Crippen molar-refractivity contribution in [3.63, 3.8) is 0 Å². The first-order valence-electron chi connectivity index (χ1n) is 10.00. The Hall–Kier alpha value is -1.31. The van der Waals surface area contributed by atoms with Gasteiger partial charge in [-0.25, -0.2) is 4.79 Å². The number of aliphatic carboxylic acids is 1. The van der Waals surface area contributed by atoms with Gasteiger partial charge in [-0.05, 0) is 12.8 Å². The minimum atomic E-state index is -0.907. The van der Waals surface area contributed by atoms with Crippen molar-refractivity contribution in [3.05, 3.63) is 36.5 Å². The highest BCUT2D eigenvalue weighted by molar-refractivity contribution is 5.80. The third-order valence-corrected chi connectivity index (χ3v) is 4.18. The highest BCUT2D eigenvalue weighted by atomic mass is 16.4. The molecule has 2 nitrogen and oxygen atoms in total. The van der Waals surface area contributed by atoms with Gasteiger partial charge in [0.25, 0.3) is 0 Å². The maximum atomic E-state index is 10.2. The number of unbranched alkanes of at least 4 members (excludes halogenated alkanes) is 13. The zero-order valence-corrected chi connectivity index (χ0v) is 15.7. The van der Waals surface area contributed by atoms with Crippen molar-refractivity contribution < 1.29 is 9.90 Å². The minimum absolute atomic E-state index is 0.907. The van der Waals surface area contributed by atoms with Crippen LogP contribution in [-0.2, 0) is 4.79 Å². The lowest BCUT2D eigenvalue weighted by Gasteiger charge is -2.02. The van der Waals surface area contributed by atoms with Crippen LogP contribution in [0.15, 0.2) is 36.5 Å². The van der Waals surface area contributed by atoms with Gasteiger partial charge in [-0.2, -0.15) is 0 Å². The van der Waals surface area contributed by atoms with Crippen molar-refractivity contribution in [1.29, 1.82) is 0 Å². The van der Waals surface area contributed by atoms with Crippen molar-refractivity contribution >= 4 is 5.97 Å². The van der Waals surface area contributed by atoms with Crippen LogP contribution in [0.4, 0.5) is 0 Å². The first kappa shape index (κ1) is 22.7. The van der Waals surface area contributed by atoms with E-state index in [2.05, 4.69) is 13.0 Å². The van der Waals surface area contributed by atoms with Crippen molar-refractivity contribution in [2.75, 3.05) is 0 Å². The lowest BCUT2D eigenvalue weighted by atomic mass is 10.0. The number of carboxylic acids is 1. The summed E-state index contributed by atoms with van der Waals surface area (Å²) >= 11 is 0. The summed E-state index contributed by atoms with van der Waals surface area (Å²) in [6.45, 7) is 2.27. The Labute approximate surface area is 149 Å². The highest BCUT2D eigenvalue weighted by Gasteiger charge is 1.93. The van der Waals surface area contributed by atoms with E-state index in [0.717, 1.165) is 12.5 Å². The standard InChI is InChI=1S/C22H38O2/c1-2-3-4-5-6-7-8-9-10-11-12-13-14-15-16-17-18-19-20-21-22(23)24/h16-21H,2-15H2,1H3,(H,23,24)/b17-16-,19-18+,21-20+. The fourth-order valence-electron chi connectivity index (χ4n) is 2.72. The van der Waals surface area contributed by atoms with Gasteiger partial charge in [-0.15, -0.1) is 0 Å². The molecule has 0 aliphatic carbocycles. The number of allylic oxidation sites excluding steroid dienone is 5. The average Bonchev–Trinajstić information content (AvgIpc) is 2.56. The topological polar surface area (TPSA) is 37.3 Å². The van der Waals surface area contributed by atoms with Crippen molar-refractivity contribution in [2.45, 2.75) is 96.8 Å². The zero-order chi connectivity index (χ0) is 17.7. The van der Waals surface area contributed by atoms with E-state index in [0.29, 0.717) is 0 Å². The van der Waals surface area contributed by atoms with E-state index in [-0.39, 0.29) is 0 Å². The molecule has 0 bridgehead atoms. The molecule has 0 saturated heterocycles. The zero-order valence-electron chi connectivity index (χ0n) is 15.7. The summed E-state index contributed by atoms with van der Waals surface area (Å²) < 4.78 is 0. The fourth-order valence-corrected chi connectivity index (χ4v) is 2.72. The van der Waals surface area contributed by atoms with Crippen LogP contribution in [-0.4, -0.2) is 11.1 Å². The largest absolute Gasteiger partial charge is 0.478 e. The molecule has 0 spiro atoms. The molecule has 0 radical (unpaired) electrons. The third-order valence-electron chi connectivity index (χ3n) is 4.18. The number of carbonyl (C=O) groups is 1. The first-order valence-corrected chi connectivity index (χ1v) is 10.00. The molecular weight excluding hydrogens is 296 g/mol. The Kier molecular flexibility index (Phi) is 18.7. The Morgan fingerprint density at radius 1 is 0.667 bits per heavy atom. The molecule has 0 aromatic carbocycles. The molecule has 1 N–H and O–H groups in total. The fraction of sp³-hybridized carbons (Fsp3) is 0.682. The molecule has 0 atom stereocenters. The monoisotopic (exact) mass is 334 g/mol. The molecule has 0 aliphatic rings. The van der Waals surface area contributed by atoms with E-state index in [9.17, 15) is 4.79 Å². The maximum Gasteiger partial charge on any atom is 0.328 e. The molecule has 0 amide bonds. The predicted octanol–water partition coefficient (Wildman–Crippen LogP) is 7.22. The smallest absolute Gasteiger partial charge is 0.328 e. The van der Waals surface area contributed by atoms with Gasteiger partial charge in [0, 0.05) is 6.08 Å². The lowest BCUT2D eigenvalue weighted by Crippen LogP contribution is -1.84. The van der Waals surface area contributed by atoms with Crippen LogP contribution in [0.2, 0.25) is 0 Å². The van der Waals surface area contributed by atoms with Gasteiger partial charge in [-0.3, -0.25) is 0 Å².